The summed E-state index contributed by atoms with van der Waals surface area (Å²) >= 11 is 0. The zero-order valence-electron chi connectivity index (χ0n) is 6.95. The van der Waals surface area contributed by atoms with Gasteiger partial charge in [0.2, 0.25) is 0 Å². The number of nitrogens with zero attached hydrogens (tertiary/aromatic N) is 3. The van der Waals surface area contributed by atoms with Gasteiger partial charge in [0.25, 0.3) is 0 Å². The molecule has 0 bridgehead atoms. The summed E-state index contributed by atoms with van der Waals surface area (Å²) in [5.74, 6) is 0. The fraction of sp³-hybridized carbons (Fsp3) is 0. The van der Waals surface area contributed by atoms with Crippen molar-refractivity contribution < 1.29 is 4.52 Å². The number of rotatable bonds is 0. The third kappa shape index (κ3) is 5.32. The molecule has 4 heteroatoms. The van der Waals surface area contributed by atoms with Gasteiger partial charge >= 0.3 is 0 Å². The van der Waals surface area contributed by atoms with E-state index >= 15 is 0 Å². The van der Waals surface area contributed by atoms with Crippen molar-refractivity contribution in [2.45, 2.75) is 0 Å². The van der Waals surface area contributed by atoms with Crippen molar-refractivity contribution in [1.82, 2.24) is 15.6 Å². The van der Waals surface area contributed by atoms with E-state index in [1.165, 1.54) is 12.5 Å². The SMILES string of the molecule is c1ccccnnnocccc1. The third-order valence-corrected chi connectivity index (χ3v) is 1.09. The van der Waals surface area contributed by atoms with Crippen molar-refractivity contribution in [2.24, 2.45) is 0 Å². The predicted molar refractivity (Wildman–Crippen MR) is 47.3 cm³/mol. The summed E-state index contributed by atoms with van der Waals surface area (Å²) in [4.78, 5) is 0. The number of hydrogen-bond donors (Lipinski definition) is 0. The summed E-state index contributed by atoms with van der Waals surface area (Å²) in [6.45, 7) is 0. The second kappa shape index (κ2) is 6.72. The first-order valence-corrected chi connectivity index (χ1v) is 3.74. The highest BCUT2D eigenvalue weighted by Gasteiger charge is 1.60. The molecule has 0 atom stereocenters. The molecule has 1 aromatic heterocycles. The van der Waals surface area contributed by atoms with E-state index in [1.807, 2.05) is 30.3 Å². The van der Waals surface area contributed by atoms with E-state index in [1.54, 1.807) is 12.1 Å². The van der Waals surface area contributed by atoms with E-state index in [0.717, 1.165) is 0 Å². The summed E-state index contributed by atoms with van der Waals surface area (Å²) in [5.41, 5.74) is 0. The van der Waals surface area contributed by atoms with E-state index in [9.17, 15) is 0 Å². The molecule has 0 saturated carbocycles. The fourth-order valence-corrected chi connectivity index (χ4v) is 0.589. The Hall–Kier alpha value is -1.97. The molecule has 4 nitrogen and oxygen atoms in total. The second-order valence-corrected chi connectivity index (χ2v) is 2.02. The molecule has 0 aliphatic carbocycles. The Balaban J connectivity index is 3.02. The van der Waals surface area contributed by atoms with Crippen LogP contribution in [0.5, 0.6) is 0 Å². The van der Waals surface area contributed by atoms with E-state index in [2.05, 4.69) is 20.1 Å². The van der Waals surface area contributed by atoms with Gasteiger partial charge in [-0.2, -0.15) is 0 Å². The number of hydrogen-bond acceptors (Lipinski definition) is 4. The van der Waals surface area contributed by atoms with Gasteiger partial charge in [0.1, 0.15) is 6.26 Å². The molecule has 0 N–H and O–H groups in total. The van der Waals surface area contributed by atoms with Gasteiger partial charge in [-0.05, 0) is 17.3 Å². The highest BCUT2D eigenvalue weighted by atomic mass is 16.5. The summed E-state index contributed by atoms with van der Waals surface area (Å²) in [6, 6.07) is 12.7. The van der Waals surface area contributed by atoms with Crippen LogP contribution in [0.3, 0.4) is 0 Å². The quantitative estimate of drug-likeness (QED) is 0.602. The smallest absolute Gasteiger partial charge is 0.124 e. The molecule has 0 saturated heterocycles. The molecule has 0 aliphatic heterocycles. The van der Waals surface area contributed by atoms with Gasteiger partial charge in [-0.3, -0.25) is 0 Å². The van der Waals surface area contributed by atoms with E-state index < -0.39 is 0 Å². The molecule has 0 spiro atoms. The number of aromatic nitrogens is 3. The molecule has 0 unspecified atom stereocenters. The van der Waals surface area contributed by atoms with Crippen LogP contribution in [0.4, 0.5) is 0 Å². The molecule has 66 valence electrons. The lowest BCUT2D eigenvalue weighted by molar-refractivity contribution is 0.356. The maximum Gasteiger partial charge on any atom is 0.124 e. The zero-order valence-corrected chi connectivity index (χ0v) is 6.95. The minimum Gasteiger partial charge on any atom is -0.346 e. The molecule has 0 fully saturated rings. The highest BCUT2D eigenvalue weighted by molar-refractivity contribution is 4.92. The lowest BCUT2D eigenvalue weighted by Crippen LogP contribution is -1.73. The van der Waals surface area contributed by atoms with Crippen molar-refractivity contribution in [1.29, 1.82) is 0 Å². The molecular weight excluding hydrogens is 166 g/mol. The minimum atomic E-state index is 1.41. The average molecular weight is 175 g/mol. The standard InChI is InChI=1S/C9H9N3O/c1-2-4-6-8-10-11-12-13-9-7-5-3-1/h1-9H. The van der Waals surface area contributed by atoms with Crippen molar-refractivity contribution in [3.05, 3.63) is 54.9 Å². The van der Waals surface area contributed by atoms with Crippen molar-refractivity contribution in [3.63, 3.8) is 0 Å². The monoisotopic (exact) mass is 175 g/mol. The highest BCUT2D eigenvalue weighted by Crippen LogP contribution is 1.76. The maximum atomic E-state index is 4.61. The summed E-state index contributed by atoms with van der Waals surface area (Å²) in [5, 5.41) is 10.2. The predicted octanol–water partition coefficient (Wildman–Crippen LogP) is 1.71. The molecule has 0 amide bonds. The van der Waals surface area contributed by atoms with Crippen LogP contribution in [0.2, 0.25) is 0 Å². The first kappa shape index (κ1) is 9.12. The second-order valence-electron chi connectivity index (χ2n) is 2.02. The zero-order chi connectivity index (χ0) is 9.19. The van der Waals surface area contributed by atoms with Crippen LogP contribution in [0.15, 0.2) is 59.4 Å². The molecule has 1 heterocycles. The molecular formula is C9H9N3O. The minimum absolute atomic E-state index is 1.41. The fourth-order valence-electron chi connectivity index (χ4n) is 0.589. The Morgan fingerprint density at radius 3 is 2.31 bits per heavy atom. The summed E-state index contributed by atoms with van der Waals surface area (Å²) < 4.78 is 4.61. The van der Waals surface area contributed by atoms with Gasteiger partial charge < -0.3 is 4.52 Å². The average Bonchev–Trinajstić information content (AvgIpc) is 2.18. The van der Waals surface area contributed by atoms with Crippen LogP contribution < -0.4 is 0 Å². The van der Waals surface area contributed by atoms with Gasteiger partial charge in [0.15, 0.2) is 0 Å². The van der Waals surface area contributed by atoms with Crippen LogP contribution in [0.25, 0.3) is 0 Å². The van der Waals surface area contributed by atoms with E-state index in [-0.39, 0.29) is 0 Å². The maximum absolute atomic E-state index is 4.61. The Morgan fingerprint density at radius 1 is 0.769 bits per heavy atom. The van der Waals surface area contributed by atoms with Gasteiger partial charge in [0, 0.05) is 0 Å². The van der Waals surface area contributed by atoms with Crippen LogP contribution in [-0.4, -0.2) is 15.6 Å². The summed E-state index contributed by atoms with van der Waals surface area (Å²) in [7, 11) is 0. The van der Waals surface area contributed by atoms with Crippen molar-refractivity contribution >= 4 is 0 Å². The van der Waals surface area contributed by atoms with Crippen LogP contribution in [0.1, 0.15) is 0 Å². The lowest BCUT2D eigenvalue weighted by atomic mass is 10.5. The Kier molecular flexibility index (Phi) is 4.72. The van der Waals surface area contributed by atoms with Crippen LogP contribution in [0, 0.1) is 0 Å². The van der Waals surface area contributed by atoms with Gasteiger partial charge in [-0.15, -0.1) is 5.10 Å². The molecule has 13 heavy (non-hydrogen) atoms. The largest absolute Gasteiger partial charge is 0.346 e. The topological polar surface area (TPSA) is 51.8 Å². The van der Waals surface area contributed by atoms with Gasteiger partial charge in [0.05, 0.1) is 11.5 Å². The van der Waals surface area contributed by atoms with Gasteiger partial charge in [-0.25, -0.2) is 0 Å². The van der Waals surface area contributed by atoms with Crippen molar-refractivity contribution in [3.8, 4) is 0 Å². The summed E-state index contributed by atoms with van der Waals surface area (Å²) in [6.07, 6.45) is 2.93. The van der Waals surface area contributed by atoms with Crippen LogP contribution >= 0.6 is 0 Å². The van der Waals surface area contributed by atoms with Crippen LogP contribution in [-0.2, 0) is 0 Å². The van der Waals surface area contributed by atoms with E-state index in [4.69, 9.17) is 0 Å². The molecule has 0 radical (unpaired) electrons. The first-order chi connectivity index (χ1) is 6.50. The van der Waals surface area contributed by atoms with Crippen molar-refractivity contribution in [2.75, 3.05) is 0 Å². The first-order valence-electron chi connectivity index (χ1n) is 3.74. The normalized spacial score (nSPS) is 8.00. The lowest BCUT2D eigenvalue weighted by Gasteiger charge is -1.65. The third-order valence-electron chi connectivity index (χ3n) is 1.09. The van der Waals surface area contributed by atoms with Gasteiger partial charge in [-0.1, -0.05) is 30.3 Å². The van der Waals surface area contributed by atoms with E-state index in [0.29, 0.717) is 0 Å². The Morgan fingerprint density at radius 2 is 1.46 bits per heavy atom. The molecule has 0 aliphatic rings. The molecule has 0 aromatic carbocycles. The molecule has 1 aromatic rings. The Labute approximate surface area is 75.9 Å². The molecule has 1 rings (SSSR count). The Bertz CT molecular complexity index is 209.